The summed E-state index contributed by atoms with van der Waals surface area (Å²) in [6.07, 6.45) is 8.82. The van der Waals surface area contributed by atoms with E-state index in [2.05, 4.69) is 23.3 Å². The fourth-order valence-corrected chi connectivity index (χ4v) is 2.42. The third kappa shape index (κ3) is 1.72. The smallest absolute Gasteiger partial charge is 0.0736 e. The first-order valence-corrected chi connectivity index (χ1v) is 5.90. The zero-order valence-corrected chi connectivity index (χ0v) is 9.50. The quantitative estimate of drug-likeness (QED) is 0.745. The molecule has 0 aromatic carbocycles. The normalized spacial score (nSPS) is 19.9. The minimum Gasteiger partial charge on any atom is -0.240 e. The zero-order chi connectivity index (χ0) is 11.7. The molecule has 0 amide bonds. The summed E-state index contributed by atoms with van der Waals surface area (Å²) in [4.78, 5) is 0. The number of rotatable bonds is 1. The predicted molar refractivity (Wildman–Crippen MR) is 66.1 cm³/mol. The SMILES string of the molecule is N#CC1CC=C(c2cccn3nccc23)CC1. The molecule has 1 atom stereocenters. The van der Waals surface area contributed by atoms with Gasteiger partial charge < -0.3 is 0 Å². The molecule has 0 saturated carbocycles. The van der Waals surface area contributed by atoms with E-state index in [1.807, 2.05) is 29.0 Å². The second-order valence-electron chi connectivity index (χ2n) is 4.41. The maximum Gasteiger partial charge on any atom is 0.0736 e. The van der Waals surface area contributed by atoms with Gasteiger partial charge in [0.25, 0.3) is 0 Å². The van der Waals surface area contributed by atoms with Crippen LogP contribution >= 0.6 is 0 Å². The van der Waals surface area contributed by atoms with Gasteiger partial charge in [0, 0.05) is 18.0 Å². The van der Waals surface area contributed by atoms with Crippen molar-refractivity contribution in [2.45, 2.75) is 19.3 Å². The molecule has 1 aliphatic rings. The lowest BCUT2D eigenvalue weighted by atomic mass is 9.87. The molecule has 3 heteroatoms. The Labute approximate surface area is 100.0 Å². The Bertz CT molecular complexity index is 616. The molecule has 84 valence electrons. The minimum atomic E-state index is 0.198. The van der Waals surface area contributed by atoms with E-state index in [9.17, 15) is 0 Å². The van der Waals surface area contributed by atoms with E-state index < -0.39 is 0 Å². The summed E-state index contributed by atoms with van der Waals surface area (Å²) in [6, 6.07) is 8.54. The second kappa shape index (κ2) is 4.06. The van der Waals surface area contributed by atoms with Gasteiger partial charge in [-0.25, -0.2) is 4.52 Å². The molecular weight excluding hydrogens is 210 g/mol. The van der Waals surface area contributed by atoms with Gasteiger partial charge in [-0.1, -0.05) is 12.1 Å². The summed E-state index contributed by atoms with van der Waals surface area (Å²) < 4.78 is 1.90. The molecule has 17 heavy (non-hydrogen) atoms. The van der Waals surface area contributed by atoms with Crippen molar-refractivity contribution >= 4 is 11.1 Å². The third-order valence-corrected chi connectivity index (χ3v) is 3.38. The summed E-state index contributed by atoms with van der Waals surface area (Å²) >= 11 is 0. The zero-order valence-electron chi connectivity index (χ0n) is 9.50. The molecule has 1 unspecified atom stereocenters. The van der Waals surface area contributed by atoms with Crippen LogP contribution < -0.4 is 0 Å². The third-order valence-electron chi connectivity index (χ3n) is 3.38. The number of nitrogens with zero attached hydrogens (tertiary/aromatic N) is 3. The first-order valence-electron chi connectivity index (χ1n) is 5.90. The summed E-state index contributed by atoms with van der Waals surface area (Å²) in [5.41, 5.74) is 3.75. The summed E-state index contributed by atoms with van der Waals surface area (Å²) in [5, 5.41) is 13.1. The maximum atomic E-state index is 8.89. The molecule has 0 N–H and O–H groups in total. The molecule has 0 spiro atoms. The fraction of sp³-hybridized carbons (Fsp3) is 0.286. The Morgan fingerprint density at radius 3 is 3.12 bits per heavy atom. The Hall–Kier alpha value is -2.08. The van der Waals surface area contributed by atoms with Crippen molar-refractivity contribution < 1.29 is 0 Å². The largest absolute Gasteiger partial charge is 0.240 e. The van der Waals surface area contributed by atoms with Crippen LogP contribution in [0.25, 0.3) is 11.1 Å². The van der Waals surface area contributed by atoms with Gasteiger partial charge in [-0.3, -0.25) is 0 Å². The lowest BCUT2D eigenvalue weighted by molar-refractivity contribution is 0.604. The van der Waals surface area contributed by atoms with Crippen molar-refractivity contribution in [1.29, 1.82) is 5.26 Å². The first kappa shape index (κ1) is 10.1. The number of hydrogen-bond donors (Lipinski definition) is 0. The molecule has 0 fully saturated rings. The van der Waals surface area contributed by atoms with Crippen LogP contribution in [0.2, 0.25) is 0 Å². The van der Waals surface area contributed by atoms with E-state index in [1.165, 1.54) is 11.1 Å². The molecule has 0 aliphatic heterocycles. The van der Waals surface area contributed by atoms with Crippen LogP contribution in [-0.4, -0.2) is 9.61 Å². The van der Waals surface area contributed by atoms with Crippen LogP contribution in [0.3, 0.4) is 0 Å². The van der Waals surface area contributed by atoms with E-state index in [0.29, 0.717) is 0 Å². The number of aromatic nitrogens is 2. The van der Waals surface area contributed by atoms with Crippen LogP contribution in [0, 0.1) is 17.2 Å². The maximum absolute atomic E-state index is 8.89. The predicted octanol–water partition coefficient (Wildman–Crippen LogP) is 3.04. The standard InChI is InChI=1S/C14H13N3/c15-10-11-3-5-12(6-4-11)13-2-1-9-17-14(13)7-8-16-17/h1-2,5,7-9,11H,3-4,6H2. The molecule has 2 heterocycles. The van der Waals surface area contributed by atoms with E-state index in [1.54, 1.807) is 0 Å². The Morgan fingerprint density at radius 2 is 2.35 bits per heavy atom. The van der Waals surface area contributed by atoms with Gasteiger partial charge >= 0.3 is 0 Å². The molecule has 2 aromatic rings. The topological polar surface area (TPSA) is 41.1 Å². The van der Waals surface area contributed by atoms with Crippen LogP contribution in [0.4, 0.5) is 0 Å². The molecule has 0 radical (unpaired) electrons. The summed E-state index contributed by atoms with van der Waals surface area (Å²) in [7, 11) is 0. The van der Waals surface area contributed by atoms with Crippen LogP contribution in [-0.2, 0) is 0 Å². The van der Waals surface area contributed by atoms with Gasteiger partial charge in [0.2, 0.25) is 0 Å². The number of hydrogen-bond acceptors (Lipinski definition) is 2. The second-order valence-corrected chi connectivity index (χ2v) is 4.41. The lowest BCUT2D eigenvalue weighted by Crippen LogP contribution is -2.03. The van der Waals surface area contributed by atoms with Crippen molar-refractivity contribution in [2.24, 2.45) is 5.92 Å². The highest BCUT2D eigenvalue weighted by molar-refractivity contribution is 5.78. The van der Waals surface area contributed by atoms with Crippen molar-refractivity contribution in [3.8, 4) is 6.07 Å². The number of allylic oxidation sites excluding steroid dienone is 2. The van der Waals surface area contributed by atoms with Gasteiger partial charge in [0.05, 0.1) is 17.5 Å². The lowest BCUT2D eigenvalue weighted by Gasteiger charge is -2.17. The average molecular weight is 223 g/mol. The fourth-order valence-electron chi connectivity index (χ4n) is 2.42. The van der Waals surface area contributed by atoms with E-state index >= 15 is 0 Å². The van der Waals surface area contributed by atoms with E-state index in [4.69, 9.17) is 5.26 Å². The van der Waals surface area contributed by atoms with Gasteiger partial charge in [-0.05, 0) is 37.0 Å². The Kier molecular flexibility index (Phi) is 2.41. The number of nitriles is 1. The molecule has 1 aliphatic carbocycles. The van der Waals surface area contributed by atoms with Crippen molar-refractivity contribution in [1.82, 2.24) is 9.61 Å². The van der Waals surface area contributed by atoms with Crippen LogP contribution in [0.5, 0.6) is 0 Å². The summed E-state index contributed by atoms with van der Waals surface area (Å²) in [5.74, 6) is 0.198. The molecule has 0 saturated heterocycles. The Morgan fingerprint density at radius 1 is 1.41 bits per heavy atom. The molecular formula is C14H13N3. The highest BCUT2D eigenvalue weighted by atomic mass is 15.2. The van der Waals surface area contributed by atoms with Gasteiger partial charge in [0.1, 0.15) is 0 Å². The number of pyridine rings is 1. The Balaban J connectivity index is 2.03. The van der Waals surface area contributed by atoms with Gasteiger partial charge in [-0.15, -0.1) is 0 Å². The average Bonchev–Trinajstić information content (AvgIpc) is 2.87. The highest BCUT2D eigenvalue weighted by Crippen LogP contribution is 2.31. The van der Waals surface area contributed by atoms with Crippen LogP contribution in [0.1, 0.15) is 24.8 Å². The van der Waals surface area contributed by atoms with E-state index in [0.717, 1.165) is 24.8 Å². The summed E-state index contributed by atoms with van der Waals surface area (Å²) in [6.45, 7) is 0. The van der Waals surface area contributed by atoms with Crippen molar-refractivity contribution in [3.05, 3.63) is 42.2 Å². The molecule has 0 bridgehead atoms. The van der Waals surface area contributed by atoms with Crippen LogP contribution in [0.15, 0.2) is 36.7 Å². The molecule has 3 nitrogen and oxygen atoms in total. The first-order chi connectivity index (χ1) is 8.38. The van der Waals surface area contributed by atoms with Crippen molar-refractivity contribution in [3.63, 3.8) is 0 Å². The highest BCUT2D eigenvalue weighted by Gasteiger charge is 2.16. The van der Waals surface area contributed by atoms with Crippen molar-refractivity contribution in [2.75, 3.05) is 0 Å². The van der Waals surface area contributed by atoms with Gasteiger partial charge in [-0.2, -0.15) is 10.4 Å². The molecule has 3 rings (SSSR count). The minimum absolute atomic E-state index is 0.198. The monoisotopic (exact) mass is 223 g/mol. The van der Waals surface area contributed by atoms with E-state index in [-0.39, 0.29) is 5.92 Å². The number of fused-ring (bicyclic) bond motifs is 1. The molecule has 2 aromatic heterocycles. The van der Waals surface area contributed by atoms with Gasteiger partial charge in [0.15, 0.2) is 0 Å².